The van der Waals surface area contributed by atoms with Crippen LogP contribution >= 0.6 is 0 Å². The lowest BCUT2D eigenvalue weighted by molar-refractivity contribution is -0.126. The summed E-state index contributed by atoms with van der Waals surface area (Å²) in [6.07, 6.45) is 4.81. The largest absolute Gasteiger partial charge is 0.370 e. The molecule has 1 aliphatic rings. The molecular weight excluding hydrogens is 218 g/mol. The fourth-order valence-electron chi connectivity index (χ4n) is 2.38. The van der Waals surface area contributed by atoms with Gasteiger partial charge in [-0.3, -0.25) is 4.79 Å². The first-order valence-corrected chi connectivity index (χ1v) is 6.33. The van der Waals surface area contributed by atoms with E-state index < -0.39 is 0 Å². The van der Waals surface area contributed by atoms with Gasteiger partial charge in [-0.15, -0.1) is 0 Å². The van der Waals surface area contributed by atoms with E-state index in [0.717, 1.165) is 12.8 Å². The molecule has 1 rings (SSSR count). The molecule has 100 valence electrons. The summed E-state index contributed by atoms with van der Waals surface area (Å²) in [4.78, 5) is 13.8. The quantitative estimate of drug-likeness (QED) is 0.615. The molecule has 0 bridgehead atoms. The molecule has 0 aliphatic heterocycles. The number of amides is 1. The highest BCUT2D eigenvalue weighted by atomic mass is 16.5. The second kappa shape index (κ2) is 6.93. The number of ether oxygens (including phenoxy) is 1. The molecule has 1 amide bonds. The predicted molar refractivity (Wildman–Crippen MR) is 67.8 cm³/mol. The van der Waals surface area contributed by atoms with Crippen LogP contribution in [0.1, 0.15) is 25.7 Å². The summed E-state index contributed by atoms with van der Waals surface area (Å²) in [5, 5.41) is 2.96. The number of likely N-dealkylation sites (N-methyl/N-ethyl adjacent to an activating group) is 1. The van der Waals surface area contributed by atoms with Crippen molar-refractivity contribution in [3.63, 3.8) is 0 Å². The lowest BCUT2D eigenvalue weighted by atomic mass is 9.96. The maximum atomic E-state index is 11.5. The molecule has 3 N–H and O–H groups in total. The minimum absolute atomic E-state index is 0.0495. The van der Waals surface area contributed by atoms with Crippen LogP contribution in [0.25, 0.3) is 0 Å². The number of rotatable bonds is 7. The van der Waals surface area contributed by atoms with Gasteiger partial charge >= 0.3 is 0 Å². The standard InChI is InChI=1S/C12H25N3O2/c1-15(2)12(5-3-4-6-12)10-14-11(16)9-17-8-7-13/h3-10,13H2,1-2H3,(H,14,16). The molecule has 0 heterocycles. The van der Waals surface area contributed by atoms with Crippen molar-refractivity contribution in [3.05, 3.63) is 0 Å². The second-order valence-electron chi connectivity index (χ2n) is 4.94. The van der Waals surface area contributed by atoms with E-state index in [2.05, 4.69) is 24.3 Å². The zero-order chi connectivity index (χ0) is 12.7. The van der Waals surface area contributed by atoms with Gasteiger partial charge in [0, 0.05) is 18.6 Å². The maximum absolute atomic E-state index is 11.5. The molecule has 0 radical (unpaired) electrons. The Bertz CT molecular complexity index is 238. The Hall–Kier alpha value is -0.650. The number of hydrogen-bond donors (Lipinski definition) is 2. The number of carbonyl (C=O) groups excluding carboxylic acids is 1. The van der Waals surface area contributed by atoms with Gasteiger partial charge in [0.25, 0.3) is 0 Å². The highest BCUT2D eigenvalue weighted by Gasteiger charge is 2.35. The third-order valence-electron chi connectivity index (χ3n) is 3.59. The van der Waals surface area contributed by atoms with E-state index in [4.69, 9.17) is 10.5 Å². The van der Waals surface area contributed by atoms with Crippen LogP contribution in [0, 0.1) is 0 Å². The van der Waals surface area contributed by atoms with Crippen LogP contribution < -0.4 is 11.1 Å². The van der Waals surface area contributed by atoms with Gasteiger partial charge in [0.15, 0.2) is 0 Å². The fourth-order valence-corrected chi connectivity index (χ4v) is 2.38. The molecule has 1 saturated carbocycles. The Kier molecular flexibility index (Phi) is 5.88. The summed E-state index contributed by atoms with van der Waals surface area (Å²) in [7, 11) is 4.17. The third kappa shape index (κ3) is 4.26. The SMILES string of the molecule is CN(C)C1(CNC(=O)COCCN)CCCC1. The van der Waals surface area contributed by atoms with Gasteiger partial charge in [0.1, 0.15) is 6.61 Å². The lowest BCUT2D eigenvalue weighted by Crippen LogP contribution is -2.51. The minimum atomic E-state index is -0.0495. The molecular formula is C12H25N3O2. The van der Waals surface area contributed by atoms with Crippen LogP contribution in [0.2, 0.25) is 0 Å². The Balaban J connectivity index is 2.30. The summed E-state index contributed by atoms with van der Waals surface area (Å²) in [6.45, 7) is 1.71. The van der Waals surface area contributed by atoms with E-state index in [9.17, 15) is 4.79 Å². The molecule has 17 heavy (non-hydrogen) atoms. The average molecular weight is 243 g/mol. The van der Waals surface area contributed by atoms with Crippen LogP contribution in [-0.2, 0) is 9.53 Å². The van der Waals surface area contributed by atoms with Gasteiger partial charge in [-0.25, -0.2) is 0 Å². The van der Waals surface area contributed by atoms with Gasteiger partial charge in [-0.1, -0.05) is 12.8 Å². The topological polar surface area (TPSA) is 67.6 Å². The minimum Gasteiger partial charge on any atom is -0.370 e. The molecule has 0 aromatic heterocycles. The predicted octanol–water partition coefficient (Wildman–Crippen LogP) is -0.0477. The van der Waals surface area contributed by atoms with Gasteiger partial charge < -0.3 is 20.7 Å². The van der Waals surface area contributed by atoms with Crippen molar-refractivity contribution in [2.45, 2.75) is 31.2 Å². The van der Waals surface area contributed by atoms with Crippen LogP contribution in [0.15, 0.2) is 0 Å². The molecule has 0 aromatic rings. The number of nitrogens with zero attached hydrogens (tertiary/aromatic N) is 1. The van der Waals surface area contributed by atoms with Crippen LogP contribution in [0.5, 0.6) is 0 Å². The molecule has 5 heteroatoms. The van der Waals surface area contributed by atoms with Crippen molar-refractivity contribution < 1.29 is 9.53 Å². The first-order chi connectivity index (χ1) is 8.10. The number of nitrogens with two attached hydrogens (primary N) is 1. The van der Waals surface area contributed by atoms with Crippen molar-refractivity contribution in [2.75, 3.05) is 40.4 Å². The molecule has 0 atom stereocenters. The Morgan fingerprint density at radius 1 is 1.41 bits per heavy atom. The van der Waals surface area contributed by atoms with E-state index in [1.54, 1.807) is 0 Å². The summed E-state index contributed by atoms with van der Waals surface area (Å²) in [5.41, 5.74) is 5.43. The summed E-state index contributed by atoms with van der Waals surface area (Å²) in [5.74, 6) is -0.0495. The summed E-state index contributed by atoms with van der Waals surface area (Å²) >= 11 is 0. The Labute approximate surface area is 104 Å². The van der Waals surface area contributed by atoms with Gasteiger partial charge in [0.2, 0.25) is 5.91 Å². The van der Waals surface area contributed by atoms with E-state index in [0.29, 0.717) is 19.7 Å². The Morgan fingerprint density at radius 2 is 2.06 bits per heavy atom. The maximum Gasteiger partial charge on any atom is 0.246 e. The first kappa shape index (κ1) is 14.4. The first-order valence-electron chi connectivity index (χ1n) is 6.33. The van der Waals surface area contributed by atoms with Crippen molar-refractivity contribution >= 4 is 5.91 Å². The smallest absolute Gasteiger partial charge is 0.246 e. The molecule has 0 unspecified atom stereocenters. The van der Waals surface area contributed by atoms with E-state index in [-0.39, 0.29) is 18.1 Å². The van der Waals surface area contributed by atoms with Crippen LogP contribution in [-0.4, -0.2) is 56.7 Å². The van der Waals surface area contributed by atoms with E-state index in [1.807, 2.05) is 0 Å². The Morgan fingerprint density at radius 3 is 2.59 bits per heavy atom. The van der Waals surface area contributed by atoms with Crippen LogP contribution in [0.4, 0.5) is 0 Å². The number of carbonyl (C=O) groups is 1. The molecule has 1 fully saturated rings. The number of hydrogen-bond acceptors (Lipinski definition) is 4. The number of nitrogens with one attached hydrogen (secondary N) is 1. The van der Waals surface area contributed by atoms with Gasteiger partial charge in [-0.05, 0) is 26.9 Å². The van der Waals surface area contributed by atoms with Crippen LogP contribution in [0.3, 0.4) is 0 Å². The normalized spacial score (nSPS) is 18.6. The third-order valence-corrected chi connectivity index (χ3v) is 3.59. The van der Waals surface area contributed by atoms with Gasteiger partial charge in [0.05, 0.1) is 6.61 Å². The van der Waals surface area contributed by atoms with Crippen molar-refractivity contribution in [3.8, 4) is 0 Å². The molecule has 0 spiro atoms. The second-order valence-corrected chi connectivity index (χ2v) is 4.94. The fraction of sp³-hybridized carbons (Fsp3) is 0.917. The summed E-state index contributed by atoms with van der Waals surface area (Å²) < 4.78 is 5.10. The van der Waals surface area contributed by atoms with E-state index in [1.165, 1.54) is 12.8 Å². The van der Waals surface area contributed by atoms with Crippen molar-refractivity contribution in [2.24, 2.45) is 5.73 Å². The monoisotopic (exact) mass is 243 g/mol. The molecule has 0 aromatic carbocycles. The lowest BCUT2D eigenvalue weighted by Gasteiger charge is -2.36. The van der Waals surface area contributed by atoms with Gasteiger partial charge in [-0.2, -0.15) is 0 Å². The van der Waals surface area contributed by atoms with Crippen molar-refractivity contribution in [1.82, 2.24) is 10.2 Å². The molecule has 0 saturated heterocycles. The molecule has 1 aliphatic carbocycles. The zero-order valence-electron chi connectivity index (χ0n) is 11.0. The van der Waals surface area contributed by atoms with E-state index >= 15 is 0 Å². The zero-order valence-corrected chi connectivity index (χ0v) is 11.0. The average Bonchev–Trinajstić information content (AvgIpc) is 2.77. The van der Waals surface area contributed by atoms with Crippen molar-refractivity contribution in [1.29, 1.82) is 0 Å². The molecule has 5 nitrogen and oxygen atoms in total. The highest BCUT2D eigenvalue weighted by molar-refractivity contribution is 5.77. The summed E-state index contributed by atoms with van der Waals surface area (Å²) in [6, 6.07) is 0. The highest BCUT2D eigenvalue weighted by Crippen LogP contribution is 2.32.